The molecule has 1 aromatic heterocycles. The summed E-state index contributed by atoms with van der Waals surface area (Å²) in [6, 6.07) is 3.30. The van der Waals surface area contributed by atoms with Crippen LogP contribution in [0.1, 0.15) is 12.5 Å². The highest BCUT2D eigenvalue weighted by atomic mass is 16.4. The molecule has 0 aliphatic heterocycles. The minimum Gasteiger partial charge on any atom is -0.480 e. The molecule has 174 valence electrons. The van der Waals surface area contributed by atoms with Crippen molar-refractivity contribution in [1.29, 1.82) is 0 Å². The number of nitrogens with two attached hydrogens (primary N) is 1. The van der Waals surface area contributed by atoms with Crippen LogP contribution in [0.25, 0.3) is 10.9 Å². The molecule has 0 saturated carbocycles. The van der Waals surface area contributed by atoms with Crippen LogP contribution in [0.4, 0.5) is 0 Å². The van der Waals surface area contributed by atoms with Crippen molar-refractivity contribution in [1.82, 2.24) is 20.9 Å². The van der Waals surface area contributed by atoms with Crippen LogP contribution in [-0.4, -0.2) is 81.4 Å². The van der Waals surface area contributed by atoms with Crippen LogP contribution >= 0.6 is 0 Å². The summed E-state index contributed by atoms with van der Waals surface area (Å²) >= 11 is 0. The monoisotopic (exact) mass is 449 g/mol. The molecule has 0 saturated heterocycles. The van der Waals surface area contributed by atoms with E-state index in [0.717, 1.165) is 10.9 Å². The van der Waals surface area contributed by atoms with Crippen molar-refractivity contribution in [3.63, 3.8) is 0 Å². The summed E-state index contributed by atoms with van der Waals surface area (Å²) in [4.78, 5) is 50.8. The minimum atomic E-state index is -1.44. The molecule has 1 heterocycles. The van der Waals surface area contributed by atoms with E-state index in [0.29, 0.717) is 5.56 Å². The number of H-pyrrole nitrogens is 1. The topological polar surface area (TPSA) is 207 Å². The van der Waals surface area contributed by atoms with Crippen LogP contribution in [-0.2, 0) is 25.6 Å². The molecule has 0 fully saturated rings. The number of aliphatic carboxylic acids is 1. The van der Waals surface area contributed by atoms with E-state index in [2.05, 4.69) is 20.9 Å². The number of hydrogen-bond acceptors (Lipinski definition) is 7. The quantitative estimate of drug-likeness (QED) is 0.185. The highest BCUT2D eigenvalue weighted by molar-refractivity contribution is 5.93. The summed E-state index contributed by atoms with van der Waals surface area (Å²) < 4.78 is 0. The van der Waals surface area contributed by atoms with Gasteiger partial charge in [0.1, 0.15) is 18.1 Å². The van der Waals surface area contributed by atoms with Gasteiger partial charge in [0.25, 0.3) is 0 Å². The summed E-state index contributed by atoms with van der Waals surface area (Å²) in [5.74, 6) is -3.77. The third-order valence-electron chi connectivity index (χ3n) is 4.79. The van der Waals surface area contributed by atoms with Gasteiger partial charge in [-0.05, 0) is 18.6 Å². The molecule has 4 atom stereocenters. The predicted octanol–water partition coefficient (Wildman–Crippen LogP) is -2.42. The number of carboxylic acids is 1. The Balaban J connectivity index is 1.96. The molecule has 12 nitrogen and oxygen atoms in total. The zero-order chi connectivity index (χ0) is 23.8. The number of fused-ring (bicyclic) bond motifs is 1. The second kappa shape index (κ2) is 11.2. The Bertz CT molecular complexity index is 974. The fourth-order valence-corrected chi connectivity index (χ4v) is 2.94. The lowest BCUT2D eigenvalue weighted by atomic mass is 10.0. The summed E-state index contributed by atoms with van der Waals surface area (Å²) in [7, 11) is 0. The van der Waals surface area contributed by atoms with E-state index in [4.69, 9.17) is 5.73 Å². The zero-order valence-electron chi connectivity index (χ0n) is 17.4. The molecule has 0 radical (unpaired) electrons. The molecule has 4 unspecified atom stereocenters. The van der Waals surface area contributed by atoms with Crippen molar-refractivity contribution in [3.05, 3.63) is 36.0 Å². The maximum Gasteiger partial charge on any atom is 0.326 e. The molecule has 0 aliphatic carbocycles. The Kier molecular flexibility index (Phi) is 8.70. The number of carboxylic acid groups (broad SMARTS) is 1. The first-order valence-corrected chi connectivity index (χ1v) is 9.83. The fourth-order valence-electron chi connectivity index (χ4n) is 2.94. The first kappa shape index (κ1) is 24.8. The van der Waals surface area contributed by atoms with E-state index in [1.807, 2.05) is 18.2 Å². The second-order valence-electron chi connectivity index (χ2n) is 7.25. The van der Waals surface area contributed by atoms with Crippen molar-refractivity contribution in [2.45, 2.75) is 37.6 Å². The molecule has 0 spiro atoms. The van der Waals surface area contributed by atoms with Crippen molar-refractivity contribution >= 4 is 34.6 Å². The number of aromatic amines is 1. The average molecular weight is 449 g/mol. The average Bonchev–Trinajstić information content (AvgIpc) is 3.17. The van der Waals surface area contributed by atoms with Gasteiger partial charge in [0, 0.05) is 23.5 Å². The van der Waals surface area contributed by atoms with Crippen LogP contribution in [0, 0.1) is 0 Å². The van der Waals surface area contributed by atoms with Gasteiger partial charge in [0.15, 0.2) is 0 Å². The maximum absolute atomic E-state index is 12.5. The molecule has 32 heavy (non-hydrogen) atoms. The summed E-state index contributed by atoms with van der Waals surface area (Å²) in [5, 5.41) is 35.8. The predicted molar refractivity (Wildman–Crippen MR) is 113 cm³/mol. The van der Waals surface area contributed by atoms with Gasteiger partial charge in [-0.1, -0.05) is 18.2 Å². The van der Waals surface area contributed by atoms with Crippen molar-refractivity contribution in [2.75, 3.05) is 13.2 Å². The van der Waals surface area contributed by atoms with Crippen LogP contribution < -0.4 is 21.7 Å². The Morgan fingerprint density at radius 1 is 1.09 bits per heavy atom. The number of rotatable bonds is 11. The number of amides is 3. The lowest BCUT2D eigenvalue weighted by Crippen LogP contribution is -2.55. The van der Waals surface area contributed by atoms with Crippen LogP contribution in [0.15, 0.2) is 30.5 Å². The fraction of sp³-hybridized carbons (Fsp3) is 0.400. The zero-order valence-corrected chi connectivity index (χ0v) is 17.4. The number of para-hydroxylation sites is 1. The van der Waals surface area contributed by atoms with Gasteiger partial charge in [0.2, 0.25) is 17.7 Å². The first-order valence-electron chi connectivity index (χ1n) is 9.83. The smallest absolute Gasteiger partial charge is 0.326 e. The van der Waals surface area contributed by atoms with E-state index < -0.39 is 61.1 Å². The van der Waals surface area contributed by atoms with Crippen LogP contribution in [0.5, 0.6) is 0 Å². The number of carbonyl (C=O) groups is 4. The molecular weight excluding hydrogens is 422 g/mol. The highest BCUT2D eigenvalue weighted by Crippen LogP contribution is 2.19. The Labute approximate surface area is 183 Å². The first-order chi connectivity index (χ1) is 15.1. The van der Waals surface area contributed by atoms with Crippen molar-refractivity contribution in [3.8, 4) is 0 Å². The lowest BCUT2D eigenvalue weighted by molar-refractivity contribution is -0.142. The van der Waals surface area contributed by atoms with E-state index in [1.165, 1.54) is 6.92 Å². The summed E-state index contributed by atoms with van der Waals surface area (Å²) in [5.41, 5.74) is 6.93. The molecule has 0 bridgehead atoms. The van der Waals surface area contributed by atoms with Gasteiger partial charge in [-0.2, -0.15) is 0 Å². The number of carbonyl (C=O) groups excluding carboxylic acids is 3. The molecule has 1 aromatic carbocycles. The minimum absolute atomic E-state index is 0.0233. The van der Waals surface area contributed by atoms with E-state index in [-0.39, 0.29) is 6.42 Å². The van der Waals surface area contributed by atoms with E-state index >= 15 is 0 Å². The lowest BCUT2D eigenvalue weighted by Gasteiger charge is -2.20. The number of benzene rings is 1. The molecule has 3 amide bonds. The second-order valence-corrected chi connectivity index (χ2v) is 7.25. The molecule has 9 N–H and O–H groups in total. The van der Waals surface area contributed by atoms with Gasteiger partial charge >= 0.3 is 5.97 Å². The standard InChI is InChI=1S/C20H27N5O7/c1-10(27)17(21)19(30)23-8-16(28)24-15(9-26)18(29)25-14(20(31)32)6-11-7-22-13-5-3-2-4-12(11)13/h2-5,7,10,14-15,17,22,26-27H,6,8-9,21H2,1H3,(H,23,30)(H,24,28)(H,25,29)(H,31,32). The Morgan fingerprint density at radius 3 is 2.41 bits per heavy atom. The van der Waals surface area contributed by atoms with E-state index in [9.17, 15) is 34.5 Å². The normalized spacial score (nSPS) is 14.8. The van der Waals surface area contributed by atoms with Crippen molar-refractivity contribution in [2.24, 2.45) is 5.73 Å². The van der Waals surface area contributed by atoms with Gasteiger partial charge in [0.05, 0.1) is 19.3 Å². The SMILES string of the molecule is CC(O)C(N)C(=O)NCC(=O)NC(CO)C(=O)NC(Cc1c[nH]c2ccccc12)C(=O)O. The maximum atomic E-state index is 12.5. The Morgan fingerprint density at radius 2 is 1.78 bits per heavy atom. The largest absolute Gasteiger partial charge is 0.480 e. The van der Waals surface area contributed by atoms with Crippen molar-refractivity contribution < 1.29 is 34.5 Å². The van der Waals surface area contributed by atoms with E-state index in [1.54, 1.807) is 12.3 Å². The third-order valence-corrected chi connectivity index (χ3v) is 4.79. The third kappa shape index (κ3) is 6.51. The molecule has 0 aliphatic rings. The molecule has 2 rings (SSSR count). The van der Waals surface area contributed by atoms with Crippen LogP contribution in [0.3, 0.4) is 0 Å². The number of aromatic nitrogens is 1. The Hall–Kier alpha value is -3.48. The highest BCUT2D eigenvalue weighted by Gasteiger charge is 2.27. The van der Waals surface area contributed by atoms with Gasteiger partial charge in [-0.25, -0.2) is 4.79 Å². The summed E-state index contributed by atoms with van der Waals surface area (Å²) in [6.07, 6.45) is 0.502. The van der Waals surface area contributed by atoms with Gasteiger partial charge < -0.3 is 42.0 Å². The number of hydrogen-bond donors (Lipinski definition) is 8. The molecule has 12 heteroatoms. The molecular formula is C20H27N5O7. The number of aliphatic hydroxyl groups is 2. The van der Waals surface area contributed by atoms with Gasteiger partial charge in [-0.3, -0.25) is 14.4 Å². The molecule has 2 aromatic rings. The summed E-state index contributed by atoms with van der Waals surface area (Å²) in [6.45, 7) is -0.0372. The number of aliphatic hydroxyl groups excluding tert-OH is 2. The van der Waals surface area contributed by atoms with Crippen LogP contribution in [0.2, 0.25) is 0 Å². The number of nitrogens with one attached hydrogen (secondary N) is 4. The van der Waals surface area contributed by atoms with Gasteiger partial charge in [-0.15, -0.1) is 0 Å².